The Kier molecular flexibility index (Phi) is 12.8. The second kappa shape index (κ2) is 14.4. The first-order valence-corrected chi connectivity index (χ1v) is 12.5. The van der Waals surface area contributed by atoms with E-state index in [1.165, 1.54) is 6.42 Å². The Labute approximate surface area is 199 Å². The third kappa shape index (κ3) is 13.5. The van der Waals surface area contributed by atoms with Gasteiger partial charge in [-0.15, -0.1) is 0 Å². The molecule has 0 saturated heterocycles. The van der Waals surface area contributed by atoms with E-state index in [1.807, 2.05) is 13.8 Å². The van der Waals surface area contributed by atoms with E-state index in [4.69, 9.17) is 9.84 Å². The minimum absolute atomic E-state index is 0.00102. The van der Waals surface area contributed by atoms with Gasteiger partial charge in [-0.2, -0.15) is 0 Å². The summed E-state index contributed by atoms with van der Waals surface area (Å²) in [7, 11) is 0. The van der Waals surface area contributed by atoms with Crippen molar-refractivity contribution in [1.29, 1.82) is 0 Å². The van der Waals surface area contributed by atoms with Crippen molar-refractivity contribution < 1.29 is 29.3 Å². The Hall–Kier alpha value is -1.83. The monoisotopic (exact) mass is 470 g/mol. The van der Waals surface area contributed by atoms with Gasteiger partial charge in [-0.05, 0) is 58.3 Å². The highest BCUT2D eigenvalue weighted by molar-refractivity contribution is 5.78. The molecular formula is C25H46N2O6. The number of amides is 2. The van der Waals surface area contributed by atoms with Crippen molar-refractivity contribution in [2.45, 2.75) is 117 Å². The van der Waals surface area contributed by atoms with E-state index in [-0.39, 0.29) is 31.2 Å². The lowest BCUT2D eigenvalue weighted by Gasteiger charge is -2.32. The molecule has 0 bridgehead atoms. The van der Waals surface area contributed by atoms with Crippen molar-refractivity contribution in [1.82, 2.24) is 10.6 Å². The zero-order chi connectivity index (χ0) is 25.0. The predicted octanol–water partition coefficient (Wildman–Crippen LogP) is 4.24. The highest BCUT2D eigenvalue weighted by Gasteiger charge is 2.31. The van der Waals surface area contributed by atoms with Crippen LogP contribution in [0.5, 0.6) is 0 Å². The minimum Gasteiger partial charge on any atom is -0.481 e. The molecule has 3 atom stereocenters. The first kappa shape index (κ1) is 29.2. The van der Waals surface area contributed by atoms with Crippen molar-refractivity contribution in [3.05, 3.63) is 0 Å². The van der Waals surface area contributed by atoms with E-state index >= 15 is 0 Å². The highest BCUT2D eigenvalue weighted by atomic mass is 16.6. The summed E-state index contributed by atoms with van der Waals surface area (Å²) in [5, 5.41) is 25.6. The SMILES string of the molecule is CC(C)C[C@H](C[C@H](O)[C@H](CC1CCCCC1)NC(=O)OC(C)(C)C)C(=O)NCCCC(=O)O. The van der Waals surface area contributed by atoms with Crippen LogP contribution in [0, 0.1) is 17.8 Å². The molecule has 8 heteroatoms. The molecule has 8 nitrogen and oxygen atoms in total. The van der Waals surface area contributed by atoms with Crippen molar-refractivity contribution in [3.8, 4) is 0 Å². The number of aliphatic hydroxyl groups excluding tert-OH is 1. The van der Waals surface area contributed by atoms with Crippen LogP contribution in [-0.4, -0.2) is 52.5 Å². The van der Waals surface area contributed by atoms with Crippen LogP contribution < -0.4 is 10.6 Å². The third-order valence-corrected chi connectivity index (χ3v) is 6.00. The van der Waals surface area contributed by atoms with E-state index in [9.17, 15) is 19.5 Å². The largest absolute Gasteiger partial charge is 0.481 e. The molecule has 0 unspecified atom stereocenters. The summed E-state index contributed by atoms with van der Waals surface area (Å²) in [6, 6.07) is -0.488. The summed E-state index contributed by atoms with van der Waals surface area (Å²) in [6.45, 7) is 9.73. The van der Waals surface area contributed by atoms with E-state index < -0.39 is 35.7 Å². The third-order valence-electron chi connectivity index (χ3n) is 6.00. The number of aliphatic carboxylic acids is 1. The van der Waals surface area contributed by atoms with Crippen LogP contribution in [0.25, 0.3) is 0 Å². The second-order valence-electron chi connectivity index (χ2n) is 10.9. The molecule has 4 N–H and O–H groups in total. The van der Waals surface area contributed by atoms with Gasteiger partial charge < -0.3 is 25.6 Å². The molecule has 1 aliphatic rings. The summed E-state index contributed by atoms with van der Waals surface area (Å²) < 4.78 is 5.42. The summed E-state index contributed by atoms with van der Waals surface area (Å²) in [5.74, 6) is -0.803. The first-order valence-electron chi connectivity index (χ1n) is 12.5. The molecule has 0 aromatic rings. The van der Waals surface area contributed by atoms with Gasteiger partial charge in [-0.1, -0.05) is 46.0 Å². The number of hydrogen-bond donors (Lipinski definition) is 4. The number of carboxylic acid groups (broad SMARTS) is 1. The molecule has 0 radical (unpaired) electrons. The standard InChI is InChI=1S/C25H46N2O6/c1-17(2)14-19(23(31)26-13-9-12-22(29)30)16-21(28)20(15-18-10-7-6-8-11-18)27-24(32)33-25(3,4)5/h17-21,28H,6-16H2,1-5H3,(H,26,31)(H,27,32)(H,29,30)/t19-,20+,21+/m1/s1. The second-order valence-corrected chi connectivity index (χ2v) is 10.9. The van der Waals surface area contributed by atoms with Crippen LogP contribution in [0.4, 0.5) is 4.79 Å². The number of rotatable bonds is 13. The van der Waals surface area contributed by atoms with Gasteiger partial charge in [0.05, 0.1) is 12.1 Å². The number of nitrogens with one attached hydrogen (secondary N) is 2. The first-order chi connectivity index (χ1) is 15.4. The molecule has 1 aliphatic carbocycles. The van der Waals surface area contributed by atoms with E-state index in [1.54, 1.807) is 20.8 Å². The Bertz CT molecular complexity index is 611. The normalized spacial score (nSPS) is 17.8. The van der Waals surface area contributed by atoms with Crippen LogP contribution >= 0.6 is 0 Å². The van der Waals surface area contributed by atoms with Gasteiger partial charge in [0.15, 0.2) is 0 Å². The number of aliphatic hydroxyl groups is 1. The number of hydrogen-bond acceptors (Lipinski definition) is 5. The average Bonchev–Trinajstić information content (AvgIpc) is 2.69. The molecule has 1 rings (SSSR count). The summed E-state index contributed by atoms with van der Waals surface area (Å²) >= 11 is 0. The minimum atomic E-state index is -0.892. The predicted molar refractivity (Wildman–Crippen MR) is 128 cm³/mol. The Morgan fingerprint density at radius 1 is 1.06 bits per heavy atom. The summed E-state index contributed by atoms with van der Waals surface area (Å²) in [4.78, 5) is 36.0. The van der Waals surface area contributed by atoms with Gasteiger partial charge in [0.1, 0.15) is 5.60 Å². The van der Waals surface area contributed by atoms with Crippen LogP contribution in [0.3, 0.4) is 0 Å². The van der Waals surface area contributed by atoms with Gasteiger partial charge in [0, 0.05) is 18.9 Å². The quantitative estimate of drug-likeness (QED) is 0.298. The molecule has 192 valence electrons. The Morgan fingerprint density at radius 2 is 1.70 bits per heavy atom. The fraction of sp³-hybridized carbons (Fsp3) is 0.880. The summed E-state index contributed by atoms with van der Waals surface area (Å²) in [5.41, 5.74) is -0.638. The molecule has 0 aliphatic heterocycles. The zero-order valence-electron chi connectivity index (χ0n) is 21.2. The maximum Gasteiger partial charge on any atom is 0.407 e. The van der Waals surface area contributed by atoms with Gasteiger partial charge >= 0.3 is 12.1 Å². The van der Waals surface area contributed by atoms with Crippen LogP contribution in [0.2, 0.25) is 0 Å². The summed E-state index contributed by atoms with van der Waals surface area (Å²) in [6.07, 6.45) is 6.13. The zero-order valence-corrected chi connectivity index (χ0v) is 21.2. The number of ether oxygens (including phenoxy) is 1. The van der Waals surface area contributed by atoms with Crippen LogP contribution in [-0.2, 0) is 14.3 Å². The van der Waals surface area contributed by atoms with Crippen LogP contribution in [0.1, 0.15) is 98.8 Å². The molecule has 0 heterocycles. The lowest BCUT2D eigenvalue weighted by Crippen LogP contribution is -2.48. The number of carbonyl (C=O) groups excluding carboxylic acids is 2. The molecule has 1 saturated carbocycles. The van der Waals surface area contributed by atoms with Crippen molar-refractivity contribution in [2.24, 2.45) is 17.8 Å². The average molecular weight is 471 g/mol. The molecule has 33 heavy (non-hydrogen) atoms. The van der Waals surface area contributed by atoms with E-state index in [0.29, 0.717) is 25.2 Å². The van der Waals surface area contributed by atoms with E-state index in [0.717, 1.165) is 25.7 Å². The van der Waals surface area contributed by atoms with Gasteiger partial charge in [-0.25, -0.2) is 4.79 Å². The topological polar surface area (TPSA) is 125 Å². The maximum absolute atomic E-state index is 12.8. The van der Waals surface area contributed by atoms with Crippen LogP contribution in [0.15, 0.2) is 0 Å². The van der Waals surface area contributed by atoms with Crippen molar-refractivity contribution in [2.75, 3.05) is 6.54 Å². The smallest absolute Gasteiger partial charge is 0.407 e. The number of carbonyl (C=O) groups is 3. The lowest BCUT2D eigenvalue weighted by atomic mass is 9.81. The number of alkyl carbamates (subject to hydrolysis) is 1. The molecule has 0 spiro atoms. The van der Waals surface area contributed by atoms with Crippen molar-refractivity contribution in [3.63, 3.8) is 0 Å². The lowest BCUT2D eigenvalue weighted by molar-refractivity contribution is -0.137. The van der Waals surface area contributed by atoms with Crippen molar-refractivity contribution >= 4 is 18.0 Å². The molecule has 1 fully saturated rings. The molecule has 0 aromatic heterocycles. The highest BCUT2D eigenvalue weighted by Crippen LogP contribution is 2.29. The van der Waals surface area contributed by atoms with Gasteiger partial charge in [0.25, 0.3) is 0 Å². The van der Waals surface area contributed by atoms with E-state index in [2.05, 4.69) is 10.6 Å². The molecular weight excluding hydrogens is 424 g/mol. The van der Waals surface area contributed by atoms with Gasteiger partial charge in [0.2, 0.25) is 5.91 Å². The fourth-order valence-electron chi connectivity index (χ4n) is 4.48. The Morgan fingerprint density at radius 3 is 2.24 bits per heavy atom. The molecule has 2 amide bonds. The fourth-order valence-corrected chi connectivity index (χ4v) is 4.48. The van der Waals surface area contributed by atoms with Gasteiger partial charge in [-0.3, -0.25) is 9.59 Å². The molecule has 0 aromatic carbocycles. The maximum atomic E-state index is 12.8. The Balaban J connectivity index is 2.83. The number of carboxylic acids is 1.